The van der Waals surface area contributed by atoms with Gasteiger partial charge in [-0.2, -0.15) is 0 Å². The predicted octanol–water partition coefficient (Wildman–Crippen LogP) is -0.841. The number of carboxylic acids is 2. The molecule has 0 radical (unpaired) electrons. The van der Waals surface area contributed by atoms with E-state index in [1.807, 2.05) is 13.8 Å². The second kappa shape index (κ2) is 15.2. The third-order valence-electron chi connectivity index (χ3n) is 4.88. The first-order valence-corrected chi connectivity index (χ1v) is 11.1. The zero-order chi connectivity index (χ0) is 25.7. The lowest BCUT2D eigenvalue weighted by Crippen LogP contribution is -2.58. The molecule has 0 saturated heterocycles. The van der Waals surface area contributed by atoms with Crippen molar-refractivity contribution in [1.29, 1.82) is 0 Å². The second-order valence-corrected chi connectivity index (χ2v) is 8.81. The first-order valence-electron chi connectivity index (χ1n) is 11.1. The van der Waals surface area contributed by atoms with Crippen molar-refractivity contribution in [3.8, 4) is 0 Å². The number of amides is 3. The first-order chi connectivity index (χ1) is 15.3. The minimum Gasteiger partial charge on any atom is -0.481 e. The summed E-state index contributed by atoms with van der Waals surface area (Å²) >= 11 is 0. The van der Waals surface area contributed by atoms with Gasteiger partial charge in [0.15, 0.2) is 0 Å². The highest BCUT2D eigenvalue weighted by Gasteiger charge is 2.32. The van der Waals surface area contributed by atoms with Gasteiger partial charge in [-0.1, -0.05) is 27.7 Å². The van der Waals surface area contributed by atoms with Gasteiger partial charge in [0.2, 0.25) is 17.7 Å². The molecule has 0 aromatic carbocycles. The molecule has 0 heterocycles. The van der Waals surface area contributed by atoms with Crippen LogP contribution >= 0.6 is 0 Å². The molecule has 0 rings (SSSR count). The van der Waals surface area contributed by atoms with E-state index in [4.69, 9.17) is 16.6 Å². The number of carboxylic acid groups (broad SMARTS) is 2. The molecule has 3 amide bonds. The topological polar surface area (TPSA) is 214 Å². The number of hydrogen-bond donors (Lipinski definition) is 7. The highest BCUT2D eigenvalue weighted by molar-refractivity contribution is 5.95. The zero-order valence-corrected chi connectivity index (χ0v) is 19.8. The van der Waals surface area contributed by atoms with Crippen LogP contribution in [-0.4, -0.2) is 70.6 Å². The molecule has 12 nitrogen and oxygen atoms in total. The normalized spacial score (nSPS) is 14.8. The number of carbonyl (C=O) groups excluding carboxylic acids is 3. The van der Waals surface area contributed by atoms with Crippen LogP contribution in [-0.2, 0) is 24.0 Å². The Morgan fingerprint density at radius 1 is 0.818 bits per heavy atom. The van der Waals surface area contributed by atoms with Gasteiger partial charge in [0.1, 0.15) is 18.1 Å². The number of nitrogens with two attached hydrogens (primary N) is 2. The van der Waals surface area contributed by atoms with Gasteiger partial charge in [0.25, 0.3) is 0 Å². The van der Waals surface area contributed by atoms with Crippen molar-refractivity contribution in [2.75, 3.05) is 6.54 Å². The molecular formula is C21H39N5O7. The number of unbranched alkanes of at least 4 members (excludes halogenated alkanes) is 1. The molecule has 9 N–H and O–H groups in total. The molecule has 0 bridgehead atoms. The van der Waals surface area contributed by atoms with Crippen LogP contribution in [0.2, 0.25) is 0 Å². The quantitative estimate of drug-likeness (QED) is 0.139. The summed E-state index contributed by atoms with van der Waals surface area (Å²) in [6.07, 6.45) is 0.887. The maximum absolute atomic E-state index is 12.8. The van der Waals surface area contributed by atoms with E-state index in [9.17, 15) is 29.1 Å². The third kappa shape index (κ3) is 12.2. The molecular weight excluding hydrogens is 434 g/mol. The number of rotatable bonds is 16. The van der Waals surface area contributed by atoms with Gasteiger partial charge < -0.3 is 37.6 Å². The van der Waals surface area contributed by atoms with Crippen LogP contribution in [0.4, 0.5) is 0 Å². The van der Waals surface area contributed by atoms with E-state index >= 15 is 0 Å². The average Bonchev–Trinajstić information content (AvgIpc) is 2.69. The highest BCUT2D eigenvalue weighted by atomic mass is 16.4. The monoisotopic (exact) mass is 473 g/mol. The van der Waals surface area contributed by atoms with Crippen LogP contribution in [0.25, 0.3) is 0 Å². The van der Waals surface area contributed by atoms with Crippen molar-refractivity contribution in [3.63, 3.8) is 0 Å². The maximum Gasteiger partial charge on any atom is 0.326 e. The van der Waals surface area contributed by atoms with Gasteiger partial charge in [-0.25, -0.2) is 4.79 Å². The van der Waals surface area contributed by atoms with Gasteiger partial charge in [-0.15, -0.1) is 0 Å². The van der Waals surface area contributed by atoms with E-state index in [1.54, 1.807) is 13.8 Å². The minimum atomic E-state index is -1.46. The van der Waals surface area contributed by atoms with Gasteiger partial charge in [0, 0.05) is 0 Å². The smallest absolute Gasteiger partial charge is 0.326 e. The first kappa shape index (κ1) is 30.3. The van der Waals surface area contributed by atoms with Crippen molar-refractivity contribution in [2.45, 2.75) is 84.0 Å². The lowest BCUT2D eigenvalue weighted by atomic mass is 10.0. The van der Waals surface area contributed by atoms with Gasteiger partial charge in [-0.05, 0) is 44.1 Å². The van der Waals surface area contributed by atoms with Crippen molar-refractivity contribution < 1.29 is 34.2 Å². The molecule has 190 valence electrons. The predicted molar refractivity (Wildman–Crippen MR) is 121 cm³/mol. The minimum absolute atomic E-state index is 0.110. The molecule has 4 unspecified atom stereocenters. The highest BCUT2D eigenvalue weighted by Crippen LogP contribution is 2.08. The van der Waals surface area contributed by atoms with Crippen molar-refractivity contribution in [3.05, 3.63) is 0 Å². The SMILES string of the molecule is CC(C)CC(N)C(=O)NC(CC(=O)O)C(=O)NC(C(=O)NC(CCCCN)C(=O)O)C(C)C. The Morgan fingerprint density at radius 2 is 1.39 bits per heavy atom. The van der Waals surface area contributed by atoms with Gasteiger partial charge in [-0.3, -0.25) is 19.2 Å². The molecule has 0 aliphatic rings. The number of nitrogens with one attached hydrogen (secondary N) is 3. The van der Waals surface area contributed by atoms with E-state index in [1.165, 1.54) is 0 Å². The fourth-order valence-electron chi connectivity index (χ4n) is 3.08. The Kier molecular flexibility index (Phi) is 13.9. The van der Waals surface area contributed by atoms with E-state index in [0.717, 1.165) is 0 Å². The number of carbonyl (C=O) groups is 5. The largest absolute Gasteiger partial charge is 0.481 e. The molecule has 33 heavy (non-hydrogen) atoms. The van der Waals surface area contributed by atoms with Crippen molar-refractivity contribution >= 4 is 29.7 Å². The lowest BCUT2D eigenvalue weighted by Gasteiger charge is -2.26. The van der Waals surface area contributed by atoms with Crippen LogP contribution < -0.4 is 27.4 Å². The Morgan fingerprint density at radius 3 is 1.85 bits per heavy atom. The summed E-state index contributed by atoms with van der Waals surface area (Å²) in [7, 11) is 0. The maximum atomic E-state index is 12.8. The fraction of sp³-hybridized carbons (Fsp3) is 0.762. The Hall–Kier alpha value is -2.73. The van der Waals surface area contributed by atoms with Crippen LogP contribution in [0.3, 0.4) is 0 Å². The van der Waals surface area contributed by atoms with Crippen molar-refractivity contribution in [1.82, 2.24) is 16.0 Å². The average molecular weight is 474 g/mol. The summed E-state index contributed by atoms with van der Waals surface area (Å²) in [6, 6.07) is -4.69. The van der Waals surface area contributed by atoms with E-state index in [-0.39, 0.29) is 12.3 Å². The standard InChI is InChI=1S/C21H39N5O7/c1-11(2)9-13(23)18(29)25-15(10-16(27)28)19(30)26-17(12(3)4)20(31)24-14(21(32)33)7-5-6-8-22/h11-15,17H,5-10,22-23H2,1-4H3,(H,24,31)(H,25,29)(H,26,30)(H,27,28)(H,32,33). The summed E-state index contributed by atoms with van der Waals surface area (Å²) in [5.41, 5.74) is 11.2. The van der Waals surface area contributed by atoms with Gasteiger partial charge >= 0.3 is 11.9 Å². The molecule has 12 heteroatoms. The Balaban J connectivity index is 5.38. The Labute approximate surface area is 194 Å². The summed E-state index contributed by atoms with van der Waals surface area (Å²) in [6.45, 7) is 7.39. The molecule has 0 aliphatic heterocycles. The van der Waals surface area contributed by atoms with Gasteiger partial charge in [0.05, 0.1) is 12.5 Å². The fourth-order valence-corrected chi connectivity index (χ4v) is 3.08. The van der Waals surface area contributed by atoms with E-state index < -0.39 is 66.2 Å². The number of aliphatic carboxylic acids is 2. The summed E-state index contributed by atoms with van der Waals surface area (Å²) in [4.78, 5) is 60.5. The molecule has 4 atom stereocenters. The molecule has 0 spiro atoms. The van der Waals surface area contributed by atoms with Crippen molar-refractivity contribution in [2.24, 2.45) is 23.3 Å². The molecule has 0 fully saturated rings. The molecule has 0 saturated carbocycles. The third-order valence-corrected chi connectivity index (χ3v) is 4.88. The molecule has 0 aromatic rings. The number of hydrogen-bond acceptors (Lipinski definition) is 7. The zero-order valence-electron chi connectivity index (χ0n) is 19.8. The molecule has 0 aromatic heterocycles. The second-order valence-electron chi connectivity index (χ2n) is 8.81. The van der Waals surface area contributed by atoms with Crippen LogP contribution in [0, 0.1) is 11.8 Å². The van der Waals surface area contributed by atoms with E-state index in [2.05, 4.69) is 16.0 Å². The van der Waals surface area contributed by atoms with Crippen LogP contribution in [0.1, 0.15) is 59.8 Å². The molecule has 0 aliphatic carbocycles. The lowest BCUT2D eigenvalue weighted by molar-refractivity contribution is -0.143. The Bertz CT molecular complexity index is 684. The van der Waals surface area contributed by atoms with Crippen LogP contribution in [0.5, 0.6) is 0 Å². The summed E-state index contributed by atoms with van der Waals surface area (Å²) < 4.78 is 0. The summed E-state index contributed by atoms with van der Waals surface area (Å²) in [5, 5.41) is 25.7. The summed E-state index contributed by atoms with van der Waals surface area (Å²) in [5.74, 6) is -5.17. The van der Waals surface area contributed by atoms with Crippen LogP contribution in [0.15, 0.2) is 0 Å². The van der Waals surface area contributed by atoms with E-state index in [0.29, 0.717) is 25.8 Å².